The summed E-state index contributed by atoms with van der Waals surface area (Å²) in [5.41, 5.74) is 6.35. The molecule has 0 saturated heterocycles. The van der Waals surface area contributed by atoms with Crippen LogP contribution in [0.2, 0.25) is 0 Å². The number of imidazole rings is 1. The normalized spacial score (nSPS) is 11.8. The van der Waals surface area contributed by atoms with E-state index in [0.29, 0.717) is 0 Å². The lowest BCUT2D eigenvalue weighted by Crippen LogP contribution is -2.36. The van der Waals surface area contributed by atoms with Crippen LogP contribution in [0.4, 0.5) is 0 Å². The molecule has 1 aromatic heterocycles. The quantitative estimate of drug-likeness (QED) is 0.133. The zero-order valence-corrected chi connectivity index (χ0v) is 27.1. The molecule has 0 aliphatic carbocycles. The van der Waals surface area contributed by atoms with Crippen molar-refractivity contribution in [1.82, 2.24) is 4.57 Å². The molecule has 0 aliphatic rings. The molecule has 0 N–H and O–H groups in total. The monoisotopic (exact) mass is 625 g/mol. The molecule has 2 heteroatoms. The van der Waals surface area contributed by atoms with Gasteiger partial charge in [-0.1, -0.05) is 146 Å². The third kappa shape index (κ3) is 4.52. The van der Waals surface area contributed by atoms with Gasteiger partial charge in [0.2, 0.25) is 0 Å². The summed E-state index contributed by atoms with van der Waals surface area (Å²) in [7, 11) is 0. The van der Waals surface area contributed by atoms with Gasteiger partial charge < -0.3 is 0 Å². The van der Waals surface area contributed by atoms with Crippen LogP contribution in [0.1, 0.15) is 11.1 Å². The third-order valence-electron chi connectivity index (χ3n) is 10.3. The van der Waals surface area contributed by atoms with E-state index < -0.39 is 0 Å². The van der Waals surface area contributed by atoms with Crippen LogP contribution >= 0.6 is 0 Å². The fourth-order valence-electron chi connectivity index (χ4n) is 8.07. The van der Waals surface area contributed by atoms with E-state index in [0.717, 1.165) is 13.1 Å². The van der Waals surface area contributed by atoms with Gasteiger partial charge >= 0.3 is 0 Å². The highest BCUT2D eigenvalue weighted by atomic mass is 15.2. The molecule has 0 amide bonds. The molecular formula is C47H33N2+. The summed E-state index contributed by atoms with van der Waals surface area (Å²) in [4.78, 5) is 0. The van der Waals surface area contributed by atoms with E-state index in [4.69, 9.17) is 0 Å². The van der Waals surface area contributed by atoms with Crippen molar-refractivity contribution in [2.24, 2.45) is 0 Å². The summed E-state index contributed by atoms with van der Waals surface area (Å²) in [6, 6.07) is 64.7. The molecule has 0 fully saturated rings. The summed E-state index contributed by atoms with van der Waals surface area (Å²) >= 11 is 0. The molecule has 0 bridgehead atoms. The van der Waals surface area contributed by atoms with Crippen molar-refractivity contribution in [1.29, 1.82) is 0 Å². The first-order valence-electron chi connectivity index (χ1n) is 17.1. The summed E-state index contributed by atoms with van der Waals surface area (Å²) < 4.78 is 5.22. The molecule has 49 heavy (non-hydrogen) atoms. The topological polar surface area (TPSA) is 8.81 Å². The zero-order valence-electron chi connectivity index (χ0n) is 27.1. The molecule has 1 heterocycles. The third-order valence-corrected chi connectivity index (χ3v) is 10.3. The number of rotatable bonds is 5. The van der Waals surface area contributed by atoms with E-state index in [1.807, 2.05) is 0 Å². The minimum Gasteiger partial charge on any atom is -0.218 e. The van der Waals surface area contributed by atoms with E-state index in [-0.39, 0.29) is 0 Å². The summed E-state index contributed by atoms with van der Waals surface area (Å²) in [6.45, 7) is 1.49. The first-order valence-corrected chi connectivity index (χ1v) is 17.1. The first kappa shape index (κ1) is 27.8. The summed E-state index contributed by atoms with van der Waals surface area (Å²) in [5.74, 6) is 1.22. The van der Waals surface area contributed by atoms with Crippen LogP contribution in [-0.4, -0.2) is 4.57 Å². The minimum atomic E-state index is 0.743. The SMILES string of the molecule is c1ccc2cc(Cn3c(-c4cccc5ccccc45)[n+](Cc4ccc5ccccc5c4)c4c5ccccc5c5ccccc5c43)ccc2c1. The van der Waals surface area contributed by atoms with Crippen LogP contribution in [0.15, 0.2) is 176 Å². The van der Waals surface area contributed by atoms with Gasteiger partial charge in [-0.05, 0) is 84.5 Å². The standard InChI is InChI=1S/C47H33N2/c1-3-15-37-28-32(24-26-34(37)12-1)30-48-45-42-21-9-7-19-40(42)41-20-8-10-22-43(41)46(45)49(31-33-25-27-35-13-2-4-16-38(35)29-33)47(48)44-23-11-17-36-14-5-6-18-39(36)44/h1-29H,30-31H2/q+1. The van der Waals surface area contributed by atoms with Crippen LogP contribution in [0.25, 0.3) is 76.3 Å². The van der Waals surface area contributed by atoms with Crippen LogP contribution in [0, 0.1) is 0 Å². The molecule has 0 unspecified atom stereocenters. The van der Waals surface area contributed by atoms with Crippen molar-refractivity contribution in [3.05, 3.63) is 187 Å². The van der Waals surface area contributed by atoms with Gasteiger partial charge in [0.25, 0.3) is 5.82 Å². The number of nitrogens with zero attached hydrogens (tertiary/aromatic N) is 2. The second-order valence-electron chi connectivity index (χ2n) is 13.2. The van der Waals surface area contributed by atoms with E-state index in [9.17, 15) is 0 Å². The van der Waals surface area contributed by atoms with Gasteiger partial charge in [0.1, 0.15) is 13.1 Å². The number of aromatic nitrogens is 2. The Balaban J connectivity index is 1.37. The Bertz CT molecular complexity index is 2730. The maximum Gasteiger partial charge on any atom is 0.291 e. The first-order chi connectivity index (χ1) is 24.3. The lowest BCUT2D eigenvalue weighted by atomic mass is 9.99. The molecule has 0 spiro atoms. The Morgan fingerprint density at radius 1 is 0.388 bits per heavy atom. The zero-order chi connectivity index (χ0) is 32.3. The van der Waals surface area contributed by atoms with Gasteiger partial charge in [-0.3, -0.25) is 0 Å². The average molecular weight is 626 g/mol. The van der Waals surface area contributed by atoms with E-state index in [1.165, 1.54) is 87.4 Å². The maximum absolute atomic E-state index is 2.61. The molecule has 2 nitrogen and oxygen atoms in total. The molecular weight excluding hydrogens is 593 g/mol. The molecule has 10 aromatic rings. The Morgan fingerprint density at radius 2 is 0.898 bits per heavy atom. The van der Waals surface area contributed by atoms with Crippen LogP contribution in [-0.2, 0) is 13.1 Å². The smallest absolute Gasteiger partial charge is 0.218 e. The second-order valence-corrected chi connectivity index (χ2v) is 13.2. The van der Waals surface area contributed by atoms with E-state index in [1.54, 1.807) is 0 Å². The van der Waals surface area contributed by atoms with Crippen molar-refractivity contribution in [3.8, 4) is 11.4 Å². The van der Waals surface area contributed by atoms with Crippen molar-refractivity contribution in [3.63, 3.8) is 0 Å². The predicted molar refractivity (Wildman–Crippen MR) is 206 cm³/mol. The fraction of sp³-hybridized carbons (Fsp3) is 0.0426. The molecule has 0 aliphatic heterocycles. The second kappa shape index (κ2) is 11.2. The maximum atomic E-state index is 2.61. The Morgan fingerprint density at radius 3 is 1.61 bits per heavy atom. The largest absolute Gasteiger partial charge is 0.291 e. The van der Waals surface area contributed by atoms with Crippen molar-refractivity contribution in [2.75, 3.05) is 0 Å². The molecule has 230 valence electrons. The lowest BCUT2D eigenvalue weighted by molar-refractivity contribution is -0.651. The van der Waals surface area contributed by atoms with Crippen LogP contribution < -0.4 is 4.57 Å². The highest BCUT2D eigenvalue weighted by Crippen LogP contribution is 2.39. The van der Waals surface area contributed by atoms with E-state index >= 15 is 0 Å². The van der Waals surface area contributed by atoms with Gasteiger partial charge in [0, 0.05) is 10.8 Å². The average Bonchev–Trinajstić information content (AvgIpc) is 3.47. The Hall–Kier alpha value is -6.25. The molecule has 9 aromatic carbocycles. The van der Waals surface area contributed by atoms with Crippen molar-refractivity contribution >= 4 is 64.9 Å². The van der Waals surface area contributed by atoms with Crippen molar-refractivity contribution in [2.45, 2.75) is 13.1 Å². The fourth-order valence-corrected chi connectivity index (χ4v) is 8.07. The highest BCUT2D eigenvalue weighted by Gasteiger charge is 2.31. The Kier molecular flexibility index (Phi) is 6.35. The minimum absolute atomic E-state index is 0.743. The molecule has 0 saturated carbocycles. The summed E-state index contributed by atoms with van der Waals surface area (Å²) in [5, 5.41) is 12.7. The van der Waals surface area contributed by atoms with Crippen LogP contribution in [0.5, 0.6) is 0 Å². The molecule has 0 radical (unpaired) electrons. The number of fused-ring (bicyclic) bond motifs is 9. The summed E-state index contributed by atoms with van der Waals surface area (Å²) in [6.07, 6.45) is 0. The Labute approximate surface area is 284 Å². The number of benzene rings is 9. The van der Waals surface area contributed by atoms with Crippen molar-refractivity contribution < 1.29 is 4.57 Å². The predicted octanol–water partition coefficient (Wildman–Crippen LogP) is 11.5. The number of hydrogen-bond donors (Lipinski definition) is 0. The van der Waals surface area contributed by atoms with Gasteiger partial charge in [-0.15, -0.1) is 0 Å². The number of hydrogen-bond acceptors (Lipinski definition) is 0. The lowest BCUT2D eigenvalue weighted by Gasteiger charge is -2.10. The molecule has 10 rings (SSSR count). The van der Waals surface area contributed by atoms with Crippen LogP contribution in [0.3, 0.4) is 0 Å². The molecule has 0 atom stereocenters. The van der Waals surface area contributed by atoms with Gasteiger partial charge in [-0.25, -0.2) is 9.13 Å². The van der Waals surface area contributed by atoms with E-state index in [2.05, 4.69) is 185 Å². The van der Waals surface area contributed by atoms with Gasteiger partial charge in [0.15, 0.2) is 11.0 Å². The van der Waals surface area contributed by atoms with Gasteiger partial charge in [0.05, 0.1) is 5.56 Å². The van der Waals surface area contributed by atoms with Gasteiger partial charge in [-0.2, -0.15) is 0 Å². The highest BCUT2D eigenvalue weighted by molar-refractivity contribution is 6.23.